The minimum atomic E-state index is 0.481. The van der Waals surface area contributed by atoms with Crippen LogP contribution in [0.2, 0.25) is 8.41 Å². The molecule has 1 radical (unpaired) electrons. The van der Waals surface area contributed by atoms with Crippen LogP contribution in [0.1, 0.15) is 54.4 Å². The number of hydrogen-bond donors (Lipinski definition) is 0. The predicted octanol–water partition coefficient (Wildman–Crippen LogP) is 3.91. The standard InChI is InChI=1S/C10H22As/c1-7-9(3,4)11-10(5,6)8-2/h7-8H2,1-6H3. The van der Waals surface area contributed by atoms with Crippen molar-refractivity contribution in [3.8, 4) is 0 Å². The molecule has 0 rings (SSSR count). The molecule has 0 saturated heterocycles. The second kappa shape index (κ2) is 3.99. The Kier molecular flexibility index (Phi) is 4.19. The van der Waals surface area contributed by atoms with Crippen molar-refractivity contribution in [3.63, 3.8) is 0 Å². The molecule has 0 bridgehead atoms. The van der Waals surface area contributed by atoms with Crippen molar-refractivity contribution in [2.45, 2.75) is 62.8 Å². The SMILES string of the molecule is CCC(C)(C)[As]C(C)(C)CC. The maximum atomic E-state index is 2.41. The van der Waals surface area contributed by atoms with Crippen molar-refractivity contribution in [1.82, 2.24) is 0 Å². The monoisotopic (exact) mass is 217 g/mol. The third-order valence-electron chi connectivity index (χ3n) is 2.34. The fourth-order valence-electron chi connectivity index (χ4n) is 0.977. The first-order valence-corrected chi connectivity index (χ1v) is 6.45. The first-order chi connectivity index (χ1) is 4.83. The summed E-state index contributed by atoms with van der Waals surface area (Å²) in [6, 6.07) is 0. The van der Waals surface area contributed by atoms with Crippen LogP contribution in [0.25, 0.3) is 0 Å². The quantitative estimate of drug-likeness (QED) is 0.626. The van der Waals surface area contributed by atoms with E-state index in [1.165, 1.54) is 12.8 Å². The van der Waals surface area contributed by atoms with Gasteiger partial charge in [-0.05, 0) is 0 Å². The van der Waals surface area contributed by atoms with Gasteiger partial charge >= 0.3 is 78.5 Å². The van der Waals surface area contributed by atoms with E-state index in [0.717, 1.165) is 0 Å². The zero-order chi connectivity index (χ0) is 9.12. The van der Waals surface area contributed by atoms with Gasteiger partial charge in [0, 0.05) is 0 Å². The van der Waals surface area contributed by atoms with Crippen molar-refractivity contribution < 1.29 is 0 Å². The summed E-state index contributed by atoms with van der Waals surface area (Å²) in [6.07, 6.45) is 2.66. The molecule has 0 aromatic rings. The number of rotatable bonds is 4. The van der Waals surface area contributed by atoms with Crippen molar-refractivity contribution in [2.75, 3.05) is 0 Å². The van der Waals surface area contributed by atoms with E-state index in [4.69, 9.17) is 0 Å². The molecule has 0 unspecified atom stereocenters. The molecule has 0 heterocycles. The zero-order valence-corrected chi connectivity index (χ0v) is 10.7. The van der Waals surface area contributed by atoms with Gasteiger partial charge in [-0.3, -0.25) is 0 Å². The van der Waals surface area contributed by atoms with Gasteiger partial charge in [0.15, 0.2) is 0 Å². The van der Waals surface area contributed by atoms with Crippen molar-refractivity contribution in [2.24, 2.45) is 0 Å². The van der Waals surface area contributed by atoms with Crippen LogP contribution in [0.5, 0.6) is 0 Å². The predicted molar refractivity (Wildman–Crippen MR) is 54.4 cm³/mol. The average Bonchev–Trinajstić information content (AvgIpc) is 1.86. The van der Waals surface area contributed by atoms with Gasteiger partial charge in [-0.1, -0.05) is 0 Å². The first kappa shape index (κ1) is 11.6. The second-order valence-electron chi connectivity index (χ2n) is 4.44. The summed E-state index contributed by atoms with van der Waals surface area (Å²) in [7, 11) is 0. The summed E-state index contributed by atoms with van der Waals surface area (Å²) >= 11 is 0.481. The third kappa shape index (κ3) is 4.90. The van der Waals surface area contributed by atoms with Gasteiger partial charge in [0.2, 0.25) is 0 Å². The summed E-state index contributed by atoms with van der Waals surface area (Å²) in [4.78, 5) is 0. The van der Waals surface area contributed by atoms with Crippen molar-refractivity contribution in [3.05, 3.63) is 0 Å². The summed E-state index contributed by atoms with van der Waals surface area (Å²) in [5, 5.41) is 0. The Balaban J connectivity index is 4.02. The Labute approximate surface area is 78.8 Å². The van der Waals surface area contributed by atoms with Gasteiger partial charge < -0.3 is 0 Å². The fourth-order valence-corrected chi connectivity index (χ4v) is 5.08. The molecule has 67 valence electrons. The van der Waals surface area contributed by atoms with Gasteiger partial charge in [-0.25, -0.2) is 0 Å². The summed E-state index contributed by atoms with van der Waals surface area (Å²) in [5.74, 6) is 0. The van der Waals surface area contributed by atoms with Crippen LogP contribution in [-0.2, 0) is 0 Å². The van der Waals surface area contributed by atoms with Crippen LogP contribution in [0.4, 0.5) is 0 Å². The van der Waals surface area contributed by atoms with Crippen LogP contribution >= 0.6 is 0 Å². The topological polar surface area (TPSA) is 0 Å². The van der Waals surface area contributed by atoms with E-state index >= 15 is 0 Å². The van der Waals surface area contributed by atoms with Gasteiger partial charge in [0.1, 0.15) is 0 Å². The van der Waals surface area contributed by atoms with Crippen LogP contribution < -0.4 is 0 Å². The molecule has 0 aromatic carbocycles. The molecule has 0 aromatic heterocycles. The first-order valence-electron chi connectivity index (χ1n) is 4.57. The minimum absolute atomic E-state index is 0.481. The molecule has 0 fully saturated rings. The van der Waals surface area contributed by atoms with E-state index in [0.29, 0.717) is 24.2 Å². The molecule has 0 nitrogen and oxygen atoms in total. The molecular formula is C10H22As. The molecule has 11 heavy (non-hydrogen) atoms. The van der Waals surface area contributed by atoms with Crippen molar-refractivity contribution in [1.29, 1.82) is 0 Å². The number of hydrogen-bond acceptors (Lipinski definition) is 0. The van der Waals surface area contributed by atoms with E-state index < -0.39 is 0 Å². The van der Waals surface area contributed by atoms with Gasteiger partial charge in [0.25, 0.3) is 0 Å². The molecule has 0 atom stereocenters. The van der Waals surface area contributed by atoms with Crippen LogP contribution in [0.15, 0.2) is 0 Å². The Hall–Kier alpha value is 0.558. The average molecular weight is 217 g/mol. The Bertz CT molecular complexity index is 100. The molecule has 0 aliphatic rings. The van der Waals surface area contributed by atoms with Gasteiger partial charge in [-0.15, -0.1) is 0 Å². The molecular weight excluding hydrogens is 195 g/mol. The second-order valence-corrected chi connectivity index (χ2v) is 9.99. The Morgan fingerprint density at radius 3 is 1.27 bits per heavy atom. The maximum absolute atomic E-state index is 2.41. The van der Waals surface area contributed by atoms with Gasteiger partial charge in [0.05, 0.1) is 0 Å². The van der Waals surface area contributed by atoms with Crippen LogP contribution in [0, 0.1) is 0 Å². The van der Waals surface area contributed by atoms with E-state index in [1.54, 1.807) is 0 Å². The van der Waals surface area contributed by atoms with Crippen LogP contribution in [0.3, 0.4) is 0 Å². The molecule has 0 saturated carbocycles. The Morgan fingerprint density at radius 2 is 1.09 bits per heavy atom. The molecule has 0 spiro atoms. The van der Waals surface area contributed by atoms with E-state index in [1.807, 2.05) is 0 Å². The third-order valence-corrected chi connectivity index (χ3v) is 6.20. The van der Waals surface area contributed by atoms with E-state index in [2.05, 4.69) is 41.5 Å². The van der Waals surface area contributed by atoms with Crippen molar-refractivity contribution >= 4 is 15.8 Å². The molecule has 1 heteroatoms. The molecule has 0 aliphatic heterocycles. The van der Waals surface area contributed by atoms with Gasteiger partial charge in [-0.2, -0.15) is 0 Å². The summed E-state index contributed by atoms with van der Waals surface area (Å²) < 4.78 is 1.24. The zero-order valence-electron chi connectivity index (χ0n) is 8.86. The summed E-state index contributed by atoms with van der Waals surface area (Å²) in [6.45, 7) is 14.2. The van der Waals surface area contributed by atoms with E-state index in [-0.39, 0.29) is 0 Å². The molecule has 0 N–H and O–H groups in total. The van der Waals surface area contributed by atoms with E-state index in [9.17, 15) is 0 Å². The summed E-state index contributed by atoms with van der Waals surface area (Å²) in [5.41, 5.74) is 0. The molecule has 0 amide bonds. The fraction of sp³-hybridized carbons (Fsp3) is 1.00. The normalized spacial score (nSPS) is 13.6. The molecule has 0 aliphatic carbocycles. The Morgan fingerprint density at radius 1 is 0.818 bits per heavy atom. The van der Waals surface area contributed by atoms with Crippen LogP contribution in [-0.4, -0.2) is 15.8 Å².